The van der Waals surface area contributed by atoms with Gasteiger partial charge in [-0.2, -0.15) is 5.26 Å². The Morgan fingerprint density at radius 1 is 1.29 bits per heavy atom. The summed E-state index contributed by atoms with van der Waals surface area (Å²) in [6.45, 7) is 1.87. The van der Waals surface area contributed by atoms with E-state index in [9.17, 15) is 4.79 Å². The Morgan fingerprint density at radius 2 is 2.00 bits per heavy atom. The third-order valence-corrected chi connectivity index (χ3v) is 2.94. The molecule has 0 saturated heterocycles. The van der Waals surface area contributed by atoms with Crippen LogP contribution in [0.25, 0.3) is 0 Å². The molecule has 106 valence electrons. The number of aryl methyl sites for hydroxylation is 1. The van der Waals surface area contributed by atoms with Crippen LogP contribution in [0.1, 0.15) is 15.9 Å². The largest absolute Gasteiger partial charge is 0.479 e. The van der Waals surface area contributed by atoms with E-state index in [1.54, 1.807) is 42.5 Å². The van der Waals surface area contributed by atoms with Crippen molar-refractivity contribution in [2.24, 2.45) is 0 Å². The maximum Gasteiger partial charge on any atom is 0.255 e. The standard InChI is InChI=1S/C16H13ClN2O2/c1-11-8-12(10-13(17)9-11)16(20)19-14-2-4-15(5-3-14)21-7-6-18/h2-5,8-10H,7H2,1H3,(H,19,20). The van der Waals surface area contributed by atoms with Gasteiger partial charge in [-0.15, -0.1) is 0 Å². The molecule has 0 aromatic heterocycles. The molecule has 2 rings (SSSR count). The summed E-state index contributed by atoms with van der Waals surface area (Å²) in [5, 5.41) is 11.7. The van der Waals surface area contributed by atoms with Crippen LogP contribution in [0.5, 0.6) is 5.75 Å². The van der Waals surface area contributed by atoms with Gasteiger partial charge in [0.1, 0.15) is 11.8 Å². The number of nitriles is 1. The summed E-state index contributed by atoms with van der Waals surface area (Å²) in [5.41, 5.74) is 2.07. The van der Waals surface area contributed by atoms with Crippen LogP contribution in [0.2, 0.25) is 5.02 Å². The zero-order valence-corrected chi connectivity index (χ0v) is 12.1. The van der Waals surface area contributed by atoms with Crippen LogP contribution in [-0.4, -0.2) is 12.5 Å². The summed E-state index contributed by atoms with van der Waals surface area (Å²) in [5.74, 6) is 0.347. The van der Waals surface area contributed by atoms with E-state index < -0.39 is 0 Å². The second-order valence-corrected chi connectivity index (χ2v) is 4.88. The van der Waals surface area contributed by atoms with Crippen LogP contribution >= 0.6 is 11.6 Å². The van der Waals surface area contributed by atoms with Gasteiger partial charge in [-0.1, -0.05) is 11.6 Å². The highest BCUT2D eigenvalue weighted by Gasteiger charge is 2.08. The number of nitrogens with one attached hydrogen (secondary N) is 1. The molecule has 0 unspecified atom stereocenters. The summed E-state index contributed by atoms with van der Waals surface area (Å²) in [6, 6.07) is 13.9. The number of carbonyl (C=O) groups is 1. The summed E-state index contributed by atoms with van der Waals surface area (Å²) in [6.07, 6.45) is 0. The lowest BCUT2D eigenvalue weighted by Gasteiger charge is -2.08. The molecule has 1 N–H and O–H groups in total. The molecule has 0 aliphatic carbocycles. The Kier molecular flexibility index (Phi) is 4.81. The number of carbonyl (C=O) groups excluding carboxylic acids is 1. The van der Waals surface area contributed by atoms with Gasteiger partial charge in [0.15, 0.2) is 6.61 Å². The van der Waals surface area contributed by atoms with Gasteiger partial charge >= 0.3 is 0 Å². The van der Waals surface area contributed by atoms with Crippen molar-refractivity contribution in [2.45, 2.75) is 6.92 Å². The first-order valence-corrected chi connectivity index (χ1v) is 6.64. The molecule has 0 aliphatic heterocycles. The molecule has 0 spiro atoms. The van der Waals surface area contributed by atoms with Crippen LogP contribution in [0.15, 0.2) is 42.5 Å². The number of rotatable bonds is 4. The highest BCUT2D eigenvalue weighted by atomic mass is 35.5. The quantitative estimate of drug-likeness (QED) is 0.934. The lowest BCUT2D eigenvalue weighted by Crippen LogP contribution is -2.12. The van der Waals surface area contributed by atoms with Crippen LogP contribution in [0, 0.1) is 18.3 Å². The molecule has 0 bridgehead atoms. The zero-order valence-electron chi connectivity index (χ0n) is 11.4. The highest BCUT2D eigenvalue weighted by molar-refractivity contribution is 6.31. The molecule has 0 aliphatic rings. The summed E-state index contributed by atoms with van der Waals surface area (Å²) >= 11 is 5.94. The van der Waals surface area contributed by atoms with Gasteiger partial charge in [-0.05, 0) is 55.0 Å². The maximum absolute atomic E-state index is 12.1. The van der Waals surface area contributed by atoms with Crippen LogP contribution in [0.3, 0.4) is 0 Å². The van der Waals surface area contributed by atoms with E-state index in [-0.39, 0.29) is 12.5 Å². The van der Waals surface area contributed by atoms with Gasteiger partial charge in [0.2, 0.25) is 0 Å². The monoisotopic (exact) mass is 300 g/mol. The average Bonchev–Trinajstić information content (AvgIpc) is 2.45. The smallest absolute Gasteiger partial charge is 0.255 e. The van der Waals surface area contributed by atoms with E-state index in [0.29, 0.717) is 22.0 Å². The molecule has 5 heteroatoms. The molecule has 2 aromatic rings. The molecule has 0 saturated carbocycles. The van der Waals surface area contributed by atoms with E-state index >= 15 is 0 Å². The molecule has 0 atom stereocenters. The second kappa shape index (κ2) is 6.78. The lowest BCUT2D eigenvalue weighted by molar-refractivity contribution is 0.102. The Bertz CT molecular complexity index is 670. The van der Waals surface area contributed by atoms with Gasteiger partial charge < -0.3 is 10.1 Å². The number of nitrogens with zero attached hydrogens (tertiary/aromatic N) is 1. The summed E-state index contributed by atoms with van der Waals surface area (Å²) < 4.78 is 5.14. The maximum atomic E-state index is 12.1. The van der Waals surface area contributed by atoms with Crippen molar-refractivity contribution in [3.63, 3.8) is 0 Å². The van der Waals surface area contributed by atoms with E-state index in [0.717, 1.165) is 5.56 Å². The Balaban J connectivity index is 2.07. The number of hydrogen-bond acceptors (Lipinski definition) is 3. The molecule has 1 amide bonds. The van der Waals surface area contributed by atoms with E-state index in [2.05, 4.69) is 5.32 Å². The summed E-state index contributed by atoms with van der Waals surface area (Å²) in [4.78, 5) is 12.1. The van der Waals surface area contributed by atoms with E-state index in [4.69, 9.17) is 21.6 Å². The first-order valence-electron chi connectivity index (χ1n) is 6.27. The van der Waals surface area contributed by atoms with Crippen molar-refractivity contribution in [3.05, 3.63) is 58.6 Å². The predicted molar refractivity (Wildman–Crippen MR) is 81.7 cm³/mol. The Labute approximate surface area is 127 Å². The van der Waals surface area contributed by atoms with Gasteiger partial charge in [0.05, 0.1) is 0 Å². The minimum Gasteiger partial charge on any atom is -0.479 e. The van der Waals surface area contributed by atoms with E-state index in [1.807, 2.05) is 13.0 Å². The molecule has 4 nitrogen and oxygen atoms in total. The minimum atomic E-state index is -0.230. The molecule has 0 heterocycles. The van der Waals surface area contributed by atoms with Crippen molar-refractivity contribution in [1.29, 1.82) is 5.26 Å². The number of benzene rings is 2. The zero-order chi connectivity index (χ0) is 15.2. The first-order chi connectivity index (χ1) is 10.1. The van der Waals surface area contributed by atoms with Crippen molar-refractivity contribution in [2.75, 3.05) is 11.9 Å². The van der Waals surface area contributed by atoms with Gasteiger partial charge in [-0.3, -0.25) is 4.79 Å². The van der Waals surface area contributed by atoms with Crippen LogP contribution in [0.4, 0.5) is 5.69 Å². The van der Waals surface area contributed by atoms with Crippen molar-refractivity contribution >= 4 is 23.2 Å². The number of ether oxygens (including phenoxy) is 1. The first kappa shape index (κ1) is 14.9. The fourth-order valence-corrected chi connectivity index (χ4v) is 2.11. The van der Waals surface area contributed by atoms with E-state index in [1.165, 1.54) is 0 Å². The topological polar surface area (TPSA) is 62.1 Å². The van der Waals surface area contributed by atoms with Crippen LogP contribution in [-0.2, 0) is 0 Å². The number of amides is 1. The molecule has 2 aromatic carbocycles. The van der Waals surface area contributed by atoms with Gasteiger partial charge in [-0.25, -0.2) is 0 Å². The Morgan fingerprint density at radius 3 is 2.62 bits per heavy atom. The minimum absolute atomic E-state index is 0.00645. The number of halogens is 1. The average molecular weight is 301 g/mol. The fourth-order valence-electron chi connectivity index (χ4n) is 1.82. The van der Waals surface area contributed by atoms with Crippen molar-refractivity contribution in [1.82, 2.24) is 0 Å². The second-order valence-electron chi connectivity index (χ2n) is 4.44. The number of anilines is 1. The van der Waals surface area contributed by atoms with Crippen molar-refractivity contribution in [3.8, 4) is 11.8 Å². The molecule has 0 fully saturated rings. The molecule has 21 heavy (non-hydrogen) atoms. The van der Waals surface area contributed by atoms with Gasteiger partial charge in [0.25, 0.3) is 5.91 Å². The molecule has 0 radical (unpaired) electrons. The van der Waals surface area contributed by atoms with Crippen LogP contribution < -0.4 is 10.1 Å². The lowest BCUT2D eigenvalue weighted by atomic mass is 10.1. The SMILES string of the molecule is Cc1cc(Cl)cc(C(=O)Nc2ccc(OCC#N)cc2)c1. The number of hydrogen-bond donors (Lipinski definition) is 1. The normalized spacial score (nSPS) is 9.76. The predicted octanol–water partition coefficient (Wildman–Crippen LogP) is 3.80. The van der Waals surface area contributed by atoms with Gasteiger partial charge in [0, 0.05) is 16.3 Å². The molecular weight excluding hydrogens is 288 g/mol. The Hall–Kier alpha value is -2.51. The van der Waals surface area contributed by atoms with Crippen molar-refractivity contribution < 1.29 is 9.53 Å². The third kappa shape index (κ3) is 4.23. The molecular formula is C16H13ClN2O2. The highest BCUT2D eigenvalue weighted by Crippen LogP contribution is 2.18. The summed E-state index contributed by atoms with van der Waals surface area (Å²) in [7, 11) is 0. The third-order valence-electron chi connectivity index (χ3n) is 2.72. The fraction of sp³-hybridized carbons (Fsp3) is 0.125.